The van der Waals surface area contributed by atoms with Gasteiger partial charge in [0.2, 0.25) is 0 Å². The summed E-state index contributed by atoms with van der Waals surface area (Å²) in [5, 5.41) is 12.0. The van der Waals surface area contributed by atoms with Crippen molar-refractivity contribution in [2.75, 3.05) is 13.1 Å². The van der Waals surface area contributed by atoms with E-state index in [4.69, 9.17) is 4.98 Å². The molecule has 0 aliphatic carbocycles. The summed E-state index contributed by atoms with van der Waals surface area (Å²) < 4.78 is 0. The quantitative estimate of drug-likeness (QED) is 0.922. The van der Waals surface area contributed by atoms with Crippen LogP contribution in [0, 0.1) is 13.8 Å². The van der Waals surface area contributed by atoms with Gasteiger partial charge in [-0.2, -0.15) is 0 Å². The zero-order chi connectivity index (χ0) is 16.1. The SMILES string of the molecule is CCN1CCc2nc3c(C)cc(C)cc3c(C(C)(C)O)c2C1. The van der Waals surface area contributed by atoms with Crippen molar-refractivity contribution in [1.29, 1.82) is 0 Å². The Morgan fingerprint density at radius 3 is 2.64 bits per heavy atom. The van der Waals surface area contributed by atoms with Crippen LogP contribution in [0.4, 0.5) is 0 Å². The van der Waals surface area contributed by atoms with Gasteiger partial charge in [-0.25, -0.2) is 0 Å². The predicted molar refractivity (Wildman–Crippen MR) is 91.1 cm³/mol. The molecule has 0 saturated carbocycles. The van der Waals surface area contributed by atoms with Gasteiger partial charge in [-0.05, 0) is 57.0 Å². The average Bonchev–Trinajstić information content (AvgIpc) is 2.43. The van der Waals surface area contributed by atoms with E-state index in [-0.39, 0.29) is 0 Å². The number of pyridine rings is 1. The molecule has 22 heavy (non-hydrogen) atoms. The molecule has 0 atom stereocenters. The Morgan fingerprint density at radius 2 is 2.00 bits per heavy atom. The summed E-state index contributed by atoms with van der Waals surface area (Å²) in [5.74, 6) is 0. The van der Waals surface area contributed by atoms with E-state index in [1.165, 1.54) is 22.4 Å². The highest BCUT2D eigenvalue weighted by Crippen LogP contribution is 2.36. The van der Waals surface area contributed by atoms with E-state index in [0.29, 0.717) is 0 Å². The van der Waals surface area contributed by atoms with Crippen LogP contribution in [0.1, 0.15) is 48.7 Å². The second kappa shape index (κ2) is 5.32. The molecule has 0 saturated heterocycles. The predicted octanol–water partition coefficient (Wildman–Crippen LogP) is 3.46. The number of likely N-dealkylation sites (N-methyl/N-ethyl adjacent to an activating group) is 1. The summed E-state index contributed by atoms with van der Waals surface area (Å²) in [4.78, 5) is 7.39. The lowest BCUT2D eigenvalue weighted by atomic mass is 9.85. The topological polar surface area (TPSA) is 36.4 Å². The number of nitrogens with zero attached hydrogens (tertiary/aromatic N) is 2. The van der Waals surface area contributed by atoms with Crippen molar-refractivity contribution in [3.63, 3.8) is 0 Å². The van der Waals surface area contributed by atoms with Crippen molar-refractivity contribution in [2.45, 2.75) is 53.2 Å². The first-order valence-corrected chi connectivity index (χ1v) is 8.19. The standard InChI is InChI=1S/C19H26N2O/c1-6-21-8-7-16-15(11-21)17(19(4,5)22)14-10-12(2)9-13(3)18(14)20-16/h9-10,22H,6-8,11H2,1-5H3. The van der Waals surface area contributed by atoms with Crippen LogP contribution in [0.15, 0.2) is 12.1 Å². The molecule has 1 aromatic heterocycles. The fourth-order valence-electron chi connectivity index (χ4n) is 3.72. The van der Waals surface area contributed by atoms with Crippen LogP contribution in [-0.2, 0) is 18.6 Å². The summed E-state index contributed by atoms with van der Waals surface area (Å²) in [7, 11) is 0. The molecule has 2 aromatic rings. The third kappa shape index (κ3) is 2.53. The van der Waals surface area contributed by atoms with E-state index in [1.54, 1.807) is 0 Å². The molecule has 1 aromatic carbocycles. The van der Waals surface area contributed by atoms with Gasteiger partial charge in [0.1, 0.15) is 0 Å². The Kier molecular flexibility index (Phi) is 3.74. The van der Waals surface area contributed by atoms with Crippen LogP contribution < -0.4 is 0 Å². The molecule has 1 N–H and O–H groups in total. The Hall–Kier alpha value is -1.45. The average molecular weight is 298 g/mol. The first-order chi connectivity index (χ1) is 10.3. The van der Waals surface area contributed by atoms with Crippen LogP contribution in [0.3, 0.4) is 0 Å². The Labute approximate surface area is 133 Å². The molecule has 0 spiro atoms. The van der Waals surface area contributed by atoms with Crippen LogP contribution in [-0.4, -0.2) is 28.1 Å². The zero-order valence-corrected chi connectivity index (χ0v) is 14.3. The summed E-state index contributed by atoms with van der Waals surface area (Å²) in [6.45, 7) is 13.2. The summed E-state index contributed by atoms with van der Waals surface area (Å²) in [5.41, 5.74) is 6.08. The van der Waals surface area contributed by atoms with E-state index in [2.05, 4.69) is 37.8 Å². The monoisotopic (exact) mass is 298 g/mol. The number of rotatable bonds is 2. The molecule has 0 fully saturated rings. The fourth-order valence-corrected chi connectivity index (χ4v) is 3.72. The molecule has 1 aliphatic heterocycles. The Bertz CT molecular complexity index is 729. The highest BCUT2D eigenvalue weighted by atomic mass is 16.3. The lowest BCUT2D eigenvalue weighted by Crippen LogP contribution is -2.34. The van der Waals surface area contributed by atoms with Gasteiger partial charge < -0.3 is 5.11 Å². The van der Waals surface area contributed by atoms with Crippen LogP contribution in [0.25, 0.3) is 10.9 Å². The van der Waals surface area contributed by atoms with Crippen molar-refractivity contribution in [1.82, 2.24) is 9.88 Å². The molecule has 118 valence electrons. The van der Waals surface area contributed by atoms with E-state index >= 15 is 0 Å². The van der Waals surface area contributed by atoms with Crippen molar-refractivity contribution >= 4 is 10.9 Å². The maximum atomic E-state index is 10.8. The van der Waals surface area contributed by atoms with Crippen LogP contribution in [0.5, 0.6) is 0 Å². The number of hydrogen-bond donors (Lipinski definition) is 1. The lowest BCUT2D eigenvalue weighted by molar-refractivity contribution is 0.0775. The Morgan fingerprint density at radius 1 is 1.27 bits per heavy atom. The molecule has 3 rings (SSSR count). The molecule has 1 aliphatic rings. The number of fused-ring (bicyclic) bond motifs is 2. The summed E-state index contributed by atoms with van der Waals surface area (Å²) in [6, 6.07) is 4.35. The summed E-state index contributed by atoms with van der Waals surface area (Å²) in [6.07, 6.45) is 0.968. The van der Waals surface area contributed by atoms with Gasteiger partial charge in [0, 0.05) is 30.6 Å². The van der Waals surface area contributed by atoms with Gasteiger partial charge in [-0.15, -0.1) is 0 Å². The van der Waals surface area contributed by atoms with Crippen LogP contribution in [0.2, 0.25) is 0 Å². The minimum absolute atomic E-state index is 0.859. The van der Waals surface area contributed by atoms with Gasteiger partial charge in [-0.1, -0.05) is 18.6 Å². The number of aryl methyl sites for hydroxylation is 2. The van der Waals surface area contributed by atoms with Gasteiger partial charge >= 0.3 is 0 Å². The second-order valence-corrected chi connectivity index (χ2v) is 7.07. The Balaban J connectivity index is 2.37. The van der Waals surface area contributed by atoms with Crippen molar-refractivity contribution in [3.05, 3.63) is 40.1 Å². The van der Waals surface area contributed by atoms with Crippen molar-refractivity contribution in [3.8, 4) is 0 Å². The second-order valence-electron chi connectivity index (χ2n) is 7.07. The molecular formula is C19H26N2O. The van der Waals surface area contributed by atoms with Crippen LogP contribution >= 0.6 is 0 Å². The third-order valence-electron chi connectivity index (χ3n) is 4.72. The minimum atomic E-state index is -0.859. The van der Waals surface area contributed by atoms with E-state index < -0.39 is 5.60 Å². The van der Waals surface area contributed by atoms with E-state index in [9.17, 15) is 5.11 Å². The van der Waals surface area contributed by atoms with E-state index in [1.807, 2.05) is 13.8 Å². The normalized spacial score (nSPS) is 16.1. The van der Waals surface area contributed by atoms with Gasteiger partial charge in [-0.3, -0.25) is 9.88 Å². The first kappa shape index (κ1) is 15.4. The smallest absolute Gasteiger partial charge is 0.0850 e. The molecule has 3 nitrogen and oxygen atoms in total. The lowest BCUT2D eigenvalue weighted by Gasteiger charge is -2.33. The molecule has 0 radical (unpaired) electrons. The zero-order valence-electron chi connectivity index (χ0n) is 14.3. The molecule has 2 heterocycles. The first-order valence-electron chi connectivity index (χ1n) is 8.19. The fraction of sp³-hybridized carbons (Fsp3) is 0.526. The van der Waals surface area contributed by atoms with Crippen molar-refractivity contribution in [2.24, 2.45) is 0 Å². The number of aliphatic hydroxyl groups is 1. The summed E-state index contributed by atoms with van der Waals surface area (Å²) >= 11 is 0. The third-order valence-corrected chi connectivity index (χ3v) is 4.72. The highest BCUT2D eigenvalue weighted by molar-refractivity contribution is 5.88. The van der Waals surface area contributed by atoms with E-state index in [0.717, 1.165) is 42.5 Å². The van der Waals surface area contributed by atoms with Gasteiger partial charge in [0.05, 0.1) is 11.1 Å². The molecular weight excluding hydrogens is 272 g/mol. The highest BCUT2D eigenvalue weighted by Gasteiger charge is 2.29. The number of aromatic nitrogens is 1. The molecule has 0 bridgehead atoms. The number of benzene rings is 1. The molecule has 3 heteroatoms. The number of hydrogen-bond acceptors (Lipinski definition) is 3. The van der Waals surface area contributed by atoms with Crippen molar-refractivity contribution < 1.29 is 5.11 Å². The molecule has 0 unspecified atom stereocenters. The largest absolute Gasteiger partial charge is 0.386 e. The minimum Gasteiger partial charge on any atom is -0.386 e. The maximum absolute atomic E-state index is 10.8. The maximum Gasteiger partial charge on any atom is 0.0850 e. The van der Waals surface area contributed by atoms with Gasteiger partial charge in [0.25, 0.3) is 0 Å². The molecule has 0 amide bonds. The van der Waals surface area contributed by atoms with Gasteiger partial charge in [0.15, 0.2) is 0 Å².